The molecular formula is C23H21Br2FN2O3S. The van der Waals surface area contributed by atoms with Crippen LogP contribution in [0.1, 0.15) is 28.3 Å². The van der Waals surface area contributed by atoms with E-state index in [1.54, 1.807) is 12.1 Å². The molecule has 1 heterocycles. The predicted molar refractivity (Wildman–Crippen MR) is 130 cm³/mol. The molecule has 3 aromatic carbocycles. The van der Waals surface area contributed by atoms with E-state index in [4.69, 9.17) is 0 Å². The van der Waals surface area contributed by atoms with Crippen molar-refractivity contribution in [2.75, 3.05) is 11.3 Å². The third kappa shape index (κ3) is 4.85. The van der Waals surface area contributed by atoms with Crippen molar-refractivity contribution in [3.63, 3.8) is 0 Å². The molecule has 5 nitrogen and oxygen atoms in total. The molecule has 1 aliphatic rings. The van der Waals surface area contributed by atoms with Crippen LogP contribution in [0.15, 0.2) is 62.4 Å². The van der Waals surface area contributed by atoms with Crippen LogP contribution < -0.4 is 10.0 Å². The van der Waals surface area contributed by atoms with Crippen molar-refractivity contribution in [2.45, 2.75) is 30.7 Å². The lowest BCUT2D eigenvalue weighted by atomic mass is 9.89. The van der Waals surface area contributed by atoms with Crippen molar-refractivity contribution in [3.05, 3.63) is 85.5 Å². The van der Waals surface area contributed by atoms with Crippen molar-refractivity contribution in [3.8, 4) is 5.75 Å². The highest BCUT2D eigenvalue weighted by molar-refractivity contribution is 9.11. The third-order valence-corrected chi connectivity index (χ3v) is 8.60. The number of aromatic hydroxyl groups is 1. The molecule has 32 heavy (non-hydrogen) atoms. The Bertz CT molecular complexity index is 1260. The summed E-state index contributed by atoms with van der Waals surface area (Å²) in [6.45, 7) is 2.78. The minimum absolute atomic E-state index is 0.0464. The lowest BCUT2D eigenvalue weighted by Crippen LogP contribution is -2.31. The largest absolute Gasteiger partial charge is 0.506 e. The van der Waals surface area contributed by atoms with E-state index in [1.165, 1.54) is 12.1 Å². The summed E-state index contributed by atoms with van der Waals surface area (Å²) in [5.41, 5.74) is 4.22. The van der Waals surface area contributed by atoms with Gasteiger partial charge in [0.1, 0.15) is 11.6 Å². The zero-order valence-electron chi connectivity index (χ0n) is 17.1. The van der Waals surface area contributed by atoms with Crippen LogP contribution in [0.25, 0.3) is 0 Å². The van der Waals surface area contributed by atoms with Crippen molar-refractivity contribution >= 4 is 47.6 Å². The SMILES string of the molecule is Cc1c(Br)cc(CC2NCCc3cc(O)c(NS(=O)(=O)c4ccc(F)cc4)cc32)cc1Br. The molecule has 0 fully saturated rings. The van der Waals surface area contributed by atoms with Crippen LogP contribution >= 0.6 is 31.9 Å². The summed E-state index contributed by atoms with van der Waals surface area (Å²) >= 11 is 7.18. The van der Waals surface area contributed by atoms with Crippen LogP contribution in [0.5, 0.6) is 5.75 Å². The van der Waals surface area contributed by atoms with Gasteiger partial charge in [-0.2, -0.15) is 0 Å². The van der Waals surface area contributed by atoms with Crippen molar-refractivity contribution < 1.29 is 17.9 Å². The first-order valence-electron chi connectivity index (χ1n) is 9.96. The van der Waals surface area contributed by atoms with E-state index >= 15 is 0 Å². The normalized spacial score (nSPS) is 15.9. The average Bonchev–Trinajstić information content (AvgIpc) is 2.73. The number of hydrogen-bond donors (Lipinski definition) is 3. The Morgan fingerprint density at radius 1 is 1.12 bits per heavy atom. The van der Waals surface area contributed by atoms with Crippen molar-refractivity contribution in [1.82, 2.24) is 5.32 Å². The predicted octanol–water partition coefficient (Wildman–Crippen LogP) is 5.60. The molecule has 0 amide bonds. The highest BCUT2D eigenvalue weighted by Gasteiger charge is 2.24. The smallest absolute Gasteiger partial charge is 0.262 e. The highest BCUT2D eigenvalue weighted by atomic mass is 79.9. The van der Waals surface area contributed by atoms with Crippen molar-refractivity contribution in [2.24, 2.45) is 0 Å². The summed E-state index contributed by atoms with van der Waals surface area (Å²) in [5, 5.41) is 14.0. The van der Waals surface area contributed by atoms with Gasteiger partial charge in [-0.3, -0.25) is 4.72 Å². The second-order valence-electron chi connectivity index (χ2n) is 7.77. The minimum atomic E-state index is -3.98. The van der Waals surface area contributed by atoms with E-state index in [0.29, 0.717) is 6.42 Å². The van der Waals surface area contributed by atoms with Gasteiger partial charge in [-0.25, -0.2) is 12.8 Å². The molecule has 168 valence electrons. The molecule has 1 aliphatic heterocycles. The molecule has 0 saturated carbocycles. The Morgan fingerprint density at radius 3 is 2.44 bits per heavy atom. The number of rotatable bonds is 5. The zero-order chi connectivity index (χ0) is 23.0. The van der Waals surface area contributed by atoms with Gasteiger partial charge in [0.15, 0.2) is 0 Å². The van der Waals surface area contributed by atoms with Gasteiger partial charge in [0.2, 0.25) is 0 Å². The fourth-order valence-electron chi connectivity index (χ4n) is 3.81. The van der Waals surface area contributed by atoms with Gasteiger partial charge >= 0.3 is 0 Å². The molecule has 0 radical (unpaired) electrons. The lowest BCUT2D eigenvalue weighted by molar-refractivity contribution is 0.469. The van der Waals surface area contributed by atoms with Gasteiger partial charge in [-0.15, -0.1) is 0 Å². The second kappa shape index (κ2) is 9.13. The Kier molecular flexibility index (Phi) is 6.63. The van der Waals surface area contributed by atoms with Gasteiger partial charge < -0.3 is 10.4 Å². The highest BCUT2D eigenvalue weighted by Crippen LogP contribution is 2.36. The molecule has 0 spiro atoms. The number of phenols is 1. The summed E-state index contributed by atoms with van der Waals surface area (Å²) in [6, 6.07) is 11.9. The van der Waals surface area contributed by atoms with Crippen molar-refractivity contribution in [1.29, 1.82) is 0 Å². The molecule has 3 N–H and O–H groups in total. The first-order chi connectivity index (χ1) is 15.1. The van der Waals surface area contributed by atoms with E-state index in [1.807, 2.05) is 6.92 Å². The molecule has 3 aromatic rings. The third-order valence-electron chi connectivity index (χ3n) is 5.57. The fraction of sp³-hybridized carbons (Fsp3) is 0.217. The summed E-state index contributed by atoms with van der Waals surface area (Å²) in [4.78, 5) is -0.0833. The number of sulfonamides is 1. The van der Waals surface area contributed by atoms with E-state index in [2.05, 4.69) is 54.0 Å². The van der Waals surface area contributed by atoms with Gasteiger partial charge in [-0.1, -0.05) is 31.9 Å². The number of benzene rings is 3. The Morgan fingerprint density at radius 2 is 1.78 bits per heavy atom. The van der Waals surface area contributed by atoms with Crippen LogP contribution in [-0.4, -0.2) is 20.1 Å². The zero-order valence-corrected chi connectivity index (χ0v) is 21.1. The maximum absolute atomic E-state index is 13.2. The number of nitrogens with one attached hydrogen (secondary N) is 2. The Labute approximate surface area is 203 Å². The Balaban J connectivity index is 1.66. The molecule has 1 atom stereocenters. The quantitative estimate of drug-likeness (QED) is 0.342. The molecule has 9 heteroatoms. The number of hydrogen-bond acceptors (Lipinski definition) is 4. The maximum atomic E-state index is 13.2. The fourth-order valence-corrected chi connectivity index (χ4v) is 6.16. The topological polar surface area (TPSA) is 78.4 Å². The van der Waals surface area contributed by atoms with E-state index in [9.17, 15) is 17.9 Å². The maximum Gasteiger partial charge on any atom is 0.262 e. The van der Waals surface area contributed by atoms with Crippen LogP contribution in [0, 0.1) is 12.7 Å². The summed E-state index contributed by atoms with van der Waals surface area (Å²) in [6.07, 6.45) is 1.42. The first kappa shape index (κ1) is 23.2. The molecule has 0 bridgehead atoms. The first-order valence-corrected chi connectivity index (χ1v) is 13.0. The average molecular weight is 584 g/mol. The number of anilines is 1. The Hall–Kier alpha value is -1.94. The van der Waals surface area contributed by atoms with Crippen LogP contribution in [0.3, 0.4) is 0 Å². The molecule has 0 aliphatic carbocycles. The summed E-state index contributed by atoms with van der Waals surface area (Å²) in [5.74, 6) is -0.667. The lowest BCUT2D eigenvalue weighted by Gasteiger charge is -2.28. The second-order valence-corrected chi connectivity index (χ2v) is 11.2. The molecule has 4 rings (SSSR count). The number of halogens is 3. The monoisotopic (exact) mass is 582 g/mol. The number of fused-ring (bicyclic) bond motifs is 1. The van der Waals surface area contributed by atoms with Crippen LogP contribution in [-0.2, 0) is 22.9 Å². The minimum Gasteiger partial charge on any atom is -0.506 e. The van der Waals surface area contributed by atoms with Gasteiger partial charge in [0.25, 0.3) is 10.0 Å². The van der Waals surface area contributed by atoms with Gasteiger partial charge in [0, 0.05) is 15.0 Å². The van der Waals surface area contributed by atoms with E-state index in [-0.39, 0.29) is 22.4 Å². The summed E-state index contributed by atoms with van der Waals surface area (Å²) < 4.78 is 43.1. The van der Waals surface area contributed by atoms with Crippen LogP contribution in [0.4, 0.5) is 10.1 Å². The van der Waals surface area contributed by atoms with Gasteiger partial charge in [0.05, 0.1) is 10.6 Å². The van der Waals surface area contributed by atoms with Gasteiger partial charge in [-0.05, 0) is 97.1 Å². The van der Waals surface area contributed by atoms with Crippen LogP contribution in [0.2, 0.25) is 0 Å². The molecule has 0 aromatic heterocycles. The molecule has 0 saturated heterocycles. The molecular weight excluding hydrogens is 563 g/mol. The standard InChI is InChI=1S/C23H21Br2FN2O3S/c1-13-19(24)8-14(9-20(13)25)10-21-18-12-22(23(29)11-15(18)6-7-27-21)28-32(30,31)17-4-2-16(26)3-5-17/h2-5,8-9,11-12,21,27-29H,6-7,10H2,1H3. The molecule has 1 unspecified atom stereocenters. The van der Waals surface area contributed by atoms with E-state index in [0.717, 1.165) is 56.3 Å². The van der Waals surface area contributed by atoms with E-state index < -0.39 is 15.8 Å². The summed E-state index contributed by atoms with van der Waals surface area (Å²) in [7, 11) is -3.98. The number of phenolic OH excluding ortho intramolecular Hbond substituents is 1.